The number of carbonyl (C=O) groups is 2. The fourth-order valence-corrected chi connectivity index (χ4v) is 3.76. The van der Waals surface area contributed by atoms with Gasteiger partial charge in [0.05, 0.1) is 23.5 Å². The molecular weight excluding hydrogens is 312 g/mol. The maximum Gasteiger partial charge on any atom is 0.313 e. The summed E-state index contributed by atoms with van der Waals surface area (Å²) in [5, 5.41) is 27.3. The van der Waals surface area contributed by atoms with Crippen LogP contribution in [-0.4, -0.2) is 50.6 Å². The Bertz CT molecular complexity index is 452. The van der Waals surface area contributed by atoms with Crippen molar-refractivity contribution in [2.45, 2.75) is 17.8 Å². The van der Waals surface area contributed by atoms with Gasteiger partial charge in [0.1, 0.15) is 0 Å². The lowest BCUT2D eigenvalue weighted by atomic mass is 10.1. The van der Waals surface area contributed by atoms with Crippen LogP contribution in [0.1, 0.15) is 17.2 Å². The molecule has 0 fully saturated rings. The third-order valence-electron chi connectivity index (χ3n) is 2.61. The van der Waals surface area contributed by atoms with Crippen molar-refractivity contribution in [2.75, 3.05) is 17.3 Å². The van der Waals surface area contributed by atoms with Crippen molar-refractivity contribution in [3.8, 4) is 0 Å². The summed E-state index contributed by atoms with van der Waals surface area (Å²) in [5.41, 5.74) is 0.913. The average molecular weight is 330 g/mol. The minimum absolute atomic E-state index is 0.0307. The summed E-state index contributed by atoms with van der Waals surface area (Å²) in [5.74, 6) is -1.15. The summed E-state index contributed by atoms with van der Waals surface area (Å²) in [6.07, 6.45) is -0.696. The van der Waals surface area contributed by atoms with E-state index in [9.17, 15) is 14.7 Å². The van der Waals surface area contributed by atoms with Gasteiger partial charge in [0.2, 0.25) is 0 Å². The molecule has 7 heteroatoms. The van der Waals surface area contributed by atoms with Gasteiger partial charge in [-0.2, -0.15) is 11.8 Å². The Kier molecular flexibility index (Phi) is 8.26. The van der Waals surface area contributed by atoms with E-state index in [1.54, 1.807) is 0 Å². The van der Waals surface area contributed by atoms with E-state index in [-0.39, 0.29) is 17.4 Å². The first-order valence-corrected chi connectivity index (χ1v) is 8.57. The van der Waals surface area contributed by atoms with Crippen LogP contribution >= 0.6 is 23.5 Å². The summed E-state index contributed by atoms with van der Waals surface area (Å²) in [6, 6.07) is 9.34. The second-order valence-electron chi connectivity index (χ2n) is 4.32. The summed E-state index contributed by atoms with van der Waals surface area (Å²) < 4.78 is 0. The average Bonchev–Trinajstić information content (AvgIpc) is 2.43. The Hall–Kier alpha value is -1.18. The molecular formula is C14H18O5S2. The number of rotatable bonds is 10. The normalized spacial score (nSPS) is 13.6. The first-order chi connectivity index (χ1) is 10.0. The molecule has 1 rings (SSSR count). The van der Waals surface area contributed by atoms with Crippen molar-refractivity contribution in [1.82, 2.24) is 0 Å². The van der Waals surface area contributed by atoms with Crippen LogP contribution in [0, 0.1) is 0 Å². The number of aliphatic hydroxyl groups is 1. The van der Waals surface area contributed by atoms with Crippen LogP contribution in [-0.2, 0) is 9.59 Å². The number of carboxylic acid groups (broad SMARTS) is 2. The van der Waals surface area contributed by atoms with E-state index in [0.717, 1.165) is 17.3 Å². The van der Waals surface area contributed by atoms with Crippen molar-refractivity contribution in [1.29, 1.82) is 0 Å². The Morgan fingerprint density at radius 3 is 2.33 bits per heavy atom. The standard InChI is InChI=1S/C14H18O5S2/c15-11(8-20-9-13(18)19)14(21-7-6-12(16)17)10-4-2-1-3-5-10/h1-5,11,14-15H,6-9H2,(H,16,17)(H,18,19). The molecule has 0 bridgehead atoms. The van der Waals surface area contributed by atoms with Gasteiger partial charge in [0.25, 0.3) is 0 Å². The number of thioether (sulfide) groups is 2. The molecule has 0 aromatic heterocycles. The molecule has 1 aromatic rings. The molecule has 21 heavy (non-hydrogen) atoms. The van der Waals surface area contributed by atoms with Gasteiger partial charge < -0.3 is 15.3 Å². The number of benzene rings is 1. The number of carboxylic acids is 2. The van der Waals surface area contributed by atoms with E-state index < -0.39 is 18.0 Å². The van der Waals surface area contributed by atoms with Crippen molar-refractivity contribution in [2.24, 2.45) is 0 Å². The van der Waals surface area contributed by atoms with Crippen LogP contribution in [0.5, 0.6) is 0 Å². The number of hydrogen-bond acceptors (Lipinski definition) is 5. The largest absolute Gasteiger partial charge is 0.481 e. The Labute approximate surface area is 131 Å². The fourth-order valence-electron chi connectivity index (χ4n) is 1.70. The van der Waals surface area contributed by atoms with E-state index in [0.29, 0.717) is 11.5 Å². The van der Waals surface area contributed by atoms with Crippen LogP contribution in [0.2, 0.25) is 0 Å². The number of hydrogen-bond donors (Lipinski definition) is 3. The number of aliphatic carboxylic acids is 2. The minimum atomic E-state index is -0.915. The van der Waals surface area contributed by atoms with E-state index in [1.165, 1.54) is 11.8 Å². The molecule has 0 amide bonds. The molecule has 0 heterocycles. The van der Waals surface area contributed by atoms with E-state index in [1.807, 2.05) is 30.3 Å². The summed E-state index contributed by atoms with van der Waals surface area (Å²) in [4.78, 5) is 21.1. The molecule has 0 aliphatic carbocycles. The Morgan fingerprint density at radius 2 is 1.76 bits per heavy atom. The van der Waals surface area contributed by atoms with Gasteiger partial charge in [0, 0.05) is 11.5 Å². The van der Waals surface area contributed by atoms with Gasteiger partial charge in [0.15, 0.2) is 0 Å². The molecule has 2 unspecified atom stereocenters. The van der Waals surface area contributed by atoms with E-state index >= 15 is 0 Å². The van der Waals surface area contributed by atoms with Crippen LogP contribution in [0.4, 0.5) is 0 Å². The second kappa shape index (κ2) is 9.70. The molecule has 0 spiro atoms. The van der Waals surface area contributed by atoms with Crippen molar-refractivity contribution in [3.63, 3.8) is 0 Å². The fraction of sp³-hybridized carbons (Fsp3) is 0.429. The lowest BCUT2D eigenvalue weighted by molar-refractivity contribution is -0.136. The van der Waals surface area contributed by atoms with Gasteiger partial charge in [-0.1, -0.05) is 30.3 Å². The highest BCUT2D eigenvalue weighted by Crippen LogP contribution is 2.33. The predicted molar refractivity (Wildman–Crippen MR) is 84.9 cm³/mol. The highest BCUT2D eigenvalue weighted by Gasteiger charge is 2.22. The minimum Gasteiger partial charge on any atom is -0.481 e. The molecule has 0 saturated carbocycles. The van der Waals surface area contributed by atoms with Crippen molar-refractivity contribution >= 4 is 35.5 Å². The quantitative estimate of drug-likeness (QED) is 0.605. The molecule has 116 valence electrons. The maximum absolute atomic E-state index is 10.6. The highest BCUT2D eigenvalue weighted by atomic mass is 32.2. The molecule has 1 aromatic carbocycles. The van der Waals surface area contributed by atoms with Crippen LogP contribution in [0.3, 0.4) is 0 Å². The molecule has 0 aliphatic heterocycles. The predicted octanol–water partition coefficient (Wildman–Crippen LogP) is 2.11. The second-order valence-corrected chi connectivity index (χ2v) is 6.60. The molecule has 3 N–H and O–H groups in total. The van der Waals surface area contributed by atoms with E-state index in [2.05, 4.69) is 0 Å². The molecule has 2 atom stereocenters. The lowest BCUT2D eigenvalue weighted by Crippen LogP contribution is -2.20. The monoisotopic (exact) mass is 330 g/mol. The first-order valence-electron chi connectivity index (χ1n) is 6.36. The zero-order valence-corrected chi connectivity index (χ0v) is 13.0. The summed E-state index contributed by atoms with van der Waals surface area (Å²) in [6.45, 7) is 0. The zero-order valence-electron chi connectivity index (χ0n) is 11.3. The van der Waals surface area contributed by atoms with Crippen molar-refractivity contribution < 1.29 is 24.9 Å². The Balaban J connectivity index is 2.62. The molecule has 0 saturated heterocycles. The third kappa shape index (κ3) is 7.40. The Morgan fingerprint density at radius 1 is 1.10 bits per heavy atom. The highest BCUT2D eigenvalue weighted by molar-refractivity contribution is 8.00. The summed E-state index contributed by atoms with van der Waals surface area (Å²) in [7, 11) is 0. The molecule has 0 radical (unpaired) electrons. The first kappa shape index (κ1) is 17.9. The number of aliphatic hydroxyl groups excluding tert-OH is 1. The lowest BCUT2D eigenvalue weighted by Gasteiger charge is -2.22. The van der Waals surface area contributed by atoms with Crippen LogP contribution < -0.4 is 0 Å². The van der Waals surface area contributed by atoms with Gasteiger partial charge in [-0.3, -0.25) is 9.59 Å². The van der Waals surface area contributed by atoms with Crippen LogP contribution in [0.25, 0.3) is 0 Å². The topological polar surface area (TPSA) is 94.8 Å². The van der Waals surface area contributed by atoms with E-state index in [4.69, 9.17) is 10.2 Å². The SMILES string of the molecule is O=C(O)CCSC(c1ccccc1)C(O)CSCC(=O)O. The summed E-state index contributed by atoms with van der Waals surface area (Å²) >= 11 is 2.53. The smallest absolute Gasteiger partial charge is 0.313 e. The molecule has 5 nitrogen and oxygen atoms in total. The zero-order chi connectivity index (χ0) is 15.7. The van der Waals surface area contributed by atoms with Gasteiger partial charge in [-0.05, 0) is 5.56 Å². The van der Waals surface area contributed by atoms with Gasteiger partial charge in [-0.25, -0.2) is 0 Å². The molecule has 0 aliphatic rings. The van der Waals surface area contributed by atoms with Gasteiger partial charge in [-0.15, -0.1) is 11.8 Å². The van der Waals surface area contributed by atoms with Crippen LogP contribution in [0.15, 0.2) is 30.3 Å². The third-order valence-corrected chi connectivity index (χ3v) is 5.02. The van der Waals surface area contributed by atoms with Crippen molar-refractivity contribution in [3.05, 3.63) is 35.9 Å². The maximum atomic E-state index is 10.6. The van der Waals surface area contributed by atoms with Gasteiger partial charge >= 0.3 is 11.9 Å².